The summed E-state index contributed by atoms with van der Waals surface area (Å²) in [6.45, 7) is 2.06. The first-order valence-electron chi connectivity index (χ1n) is 7.36. The van der Waals surface area contributed by atoms with Gasteiger partial charge in [0.25, 0.3) is 0 Å². The van der Waals surface area contributed by atoms with Crippen molar-refractivity contribution < 1.29 is 4.79 Å². The van der Waals surface area contributed by atoms with Crippen molar-refractivity contribution in [2.75, 3.05) is 10.7 Å². The minimum absolute atomic E-state index is 0.0870. The van der Waals surface area contributed by atoms with Gasteiger partial charge in [0.2, 0.25) is 5.91 Å². The third kappa shape index (κ3) is 2.84. The van der Waals surface area contributed by atoms with E-state index in [9.17, 15) is 4.79 Å². The van der Waals surface area contributed by atoms with Gasteiger partial charge in [-0.25, -0.2) is 0 Å². The van der Waals surface area contributed by atoms with Crippen molar-refractivity contribution in [1.82, 2.24) is 0 Å². The lowest BCUT2D eigenvalue weighted by atomic mass is 10.2. The summed E-state index contributed by atoms with van der Waals surface area (Å²) in [7, 11) is 0. The zero-order valence-corrected chi connectivity index (χ0v) is 15.0. The van der Waals surface area contributed by atoms with E-state index < -0.39 is 0 Å². The first-order valence-corrected chi connectivity index (χ1v) is 10.1. The van der Waals surface area contributed by atoms with Crippen molar-refractivity contribution in [1.29, 1.82) is 0 Å². The van der Waals surface area contributed by atoms with E-state index in [2.05, 4.69) is 48.7 Å². The summed E-state index contributed by atoms with van der Waals surface area (Å²) < 4.78 is 0. The number of thiophene rings is 2. The SMILES string of the molecule is Cc1ccc(N2C(=O)CSC2c2ccc(-c3cccs3)s2)cc1. The summed E-state index contributed by atoms with van der Waals surface area (Å²) in [5.41, 5.74) is 2.20. The fourth-order valence-electron chi connectivity index (χ4n) is 2.66. The average molecular weight is 358 g/mol. The van der Waals surface area contributed by atoms with Crippen LogP contribution in [0.2, 0.25) is 0 Å². The summed E-state index contributed by atoms with van der Waals surface area (Å²) in [5, 5.41) is 2.19. The van der Waals surface area contributed by atoms with Gasteiger partial charge in [0, 0.05) is 20.3 Å². The Kier molecular flexibility index (Phi) is 4.01. The number of amides is 1. The van der Waals surface area contributed by atoms with Gasteiger partial charge in [0.05, 0.1) is 5.75 Å². The van der Waals surface area contributed by atoms with Crippen molar-refractivity contribution in [3.8, 4) is 9.75 Å². The number of hydrogen-bond acceptors (Lipinski definition) is 4. The molecule has 0 saturated carbocycles. The first-order chi connectivity index (χ1) is 11.2. The number of rotatable bonds is 3. The van der Waals surface area contributed by atoms with Crippen molar-refractivity contribution >= 4 is 46.0 Å². The maximum Gasteiger partial charge on any atom is 0.238 e. The molecule has 1 aliphatic rings. The molecule has 1 atom stereocenters. The van der Waals surface area contributed by atoms with E-state index in [1.807, 2.05) is 17.0 Å². The van der Waals surface area contributed by atoms with Gasteiger partial charge in [0.1, 0.15) is 5.37 Å². The van der Waals surface area contributed by atoms with E-state index in [1.165, 1.54) is 20.2 Å². The second-order valence-electron chi connectivity index (χ2n) is 5.44. The van der Waals surface area contributed by atoms with Crippen LogP contribution in [0.3, 0.4) is 0 Å². The van der Waals surface area contributed by atoms with Gasteiger partial charge in [-0.05, 0) is 42.6 Å². The van der Waals surface area contributed by atoms with E-state index >= 15 is 0 Å². The van der Waals surface area contributed by atoms with Crippen molar-refractivity contribution in [2.45, 2.75) is 12.3 Å². The van der Waals surface area contributed by atoms with Gasteiger partial charge < -0.3 is 0 Å². The Balaban J connectivity index is 1.67. The number of anilines is 1. The maximum atomic E-state index is 12.4. The van der Waals surface area contributed by atoms with Crippen molar-refractivity contribution in [3.63, 3.8) is 0 Å². The first kappa shape index (κ1) is 15.0. The Morgan fingerprint density at radius 1 is 1.04 bits per heavy atom. The second kappa shape index (κ2) is 6.15. The molecule has 5 heteroatoms. The lowest BCUT2D eigenvalue weighted by Crippen LogP contribution is -2.27. The Bertz CT molecular complexity index is 820. The molecule has 1 aromatic carbocycles. The minimum atomic E-state index is 0.0870. The zero-order chi connectivity index (χ0) is 15.8. The Labute approximate surface area is 147 Å². The molecule has 116 valence electrons. The van der Waals surface area contributed by atoms with Gasteiger partial charge in [-0.15, -0.1) is 34.4 Å². The van der Waals surface area contributed by atoms with Crippen LogP contribution in [0.15, 0.2) is 53.9 Å². The summed E-state index contributed by atoms with van der Waals surface area (Å²) in [4.78, 5) is 18.1. The van der Waals surface area contributed by atoms with Gasteiger partial charge in [-0.1, -0.05) is 23.8 Å². The van der Waals surface area contributed by atoms with Gasteiger partial charge in [0.15, 0.2) is 0 Å². The number of nitrogens with zero attached hydrogens (tertiary/aromatic N) is 1. The predicted octanol–water partition coefficient (Wildman–Crippen LogP) is 5.56. The number of carbonyl (C=O) groups is 1. The standard InChI is InChI=1S/C18H15NOS3/c1-12-4-6-13(7-5-12)19-17(20)11-22-18(19)16-9-8-15(23-16)14-3-2-10-21-14/h2-10,18H,11H2,1H3. The normalized spacial score (nSPS) is 17.9. The molecule has 4 rings (SSSR count). The maximum absolute atomic E-state index is 12.4. The highest BCUT2D eigenvalue weighted by atomic mass is 32.2. The van der Waals surface area contributed by atoms with Crippen LogP contribution < -0.4 is 4.90 Å². The molecule has 1 fully saturated rings. The second-order valence-corrected chi connectivity index (χ2v) is 8.57. The molecule has 1 amide bonds. The molecule has 3 aromatic rings. The summed E-state index contributed by atoms with van der Waals surface area (Å²) in [5.74, 6) is 0.736. The van der Waals surface area contributed by atoms with Crippen molar-refractivity contribution in [2.24, 2.45) is 0 Å². The highest BCUT2D eigenvalue weighted by Gasteiger charge is 2.34. The van der Waals surface area contributed by atoms with Gasteiger partial charge in [-0.2, -0.15) is 0 Å². The lowest BCUT2D eigenvalue weighted by Gasteiger charge is -2.23. The molecule has 1 aliphatic heterocycles. The quantitative estimate of drug-likeness (QED) is 0.611. The van der Waals surface area contributed by atoms with E-state index in [0.717, 1.165) is 5.69 Å². The van der Waals surface area contributed by atoms with Crippen LogP contribution in [-0.2, 0) is 4.79 Å². The number of benzene rings is 1. The number of carbonyl (C=O) groups excluding carboxylic acids is 1. The zero-order valence-electron chi connectivity index (χ0n) is 12.6. The van der Waals surface area contributed by atoms with Crippen LogP contribution in [0.5, 0.6) is 0 Å². The smallest absolute Gasteiger partial charge is 0.238 e. The average Bonchev–Trinajstić information content (AvgIpc) is 3.27. The van der Waals surface area contributed by atoms with Crippen LogP contribution in [0.4, 0.5) is 5.69 Å². The van der Waals surface area contributed by atoms with Crippen LogP contribution in [0.1, 0.15) is 15.8 Å². The third-order valence-corrected chi connectivity index (χ3v) is 7.36. The Hall–Kier alpha value is -1.56. The molecule has 0 aliphatic carbocycles. The molecule has 1 unspecified atom stereocenters. The molecule has 23 heavy (non-hydrogen) atoms. The highest BCUT2D eigenvalue weighted by Crippen LogP contribution is 2.45. The van der Waals surface area contributed by atoms with E-state index in [0.29, 0.717) is 5.75 Å². The molecule has 0 spiro atoms. The van der Waals surface area contributed by atoms with E-state index in [1.54, 1.807) is 34.4 Å². The molecule has 0 bridgehead atoms. The Morgan fingerprint density at radius 3 is 2.61 bits per heavy atom. The lowest BCUT2D eigenvalue weighted by molar-refractivity contribution is -0.115. The third-order valence-electron chi connectivity index (χ3n) is 3.81. The number of aryl methyl sites for hydroxylation is 1. The molecular weight excluding hydrogens is 342 g/mol. The minimum Gasteiger partial charge on any atom is -0.294 e. The monoisotopic (exact) mass is 357 g/mol. The summed E-state index contributed by atoms with van der Waals surface area (Å²) >= 11 is 5.25. The highest BCUT2D eigenvalue weighted by molar-refractivity contribution is 8.01. The van der Waals surface area contributed by atoms with Gasteiger partial charge in [-0.3, -0.25) is 9.69 Å². The largest absolute Gasteiger partial charge is 0.294 e. The van der Waals surface area contributed by atoms with Crippen molar-refractivity contribution in [3.05, 3.63) is 64.4 Å². The number of hydrogen-bond donors (Lipinski definition) is 0. The predicted molar refractivity (Wildman–Crippen MR) is 101 cm³/mol. The molecule has 3 heterocycles. The summed E-state index contributed by atoms with van der Waals surface area (Å²) in [6, 6.07) is 16.8. The molecule has 2 aromatic heterocycles. The molecular formula is C18H15NOS3. The van der Waals surface area contributed by atoms with Crippen LogP contribution in [0.25, 0.3) is 9.75 Å². The molecule has 0 N–H and O–H groups in total. The molecule has 0 radical (unpaired) electrons. The Morgan fingerprint density at radius 2 is 1.87 bits per heavy atom. The van der Waals surface area contributed by atoms with Crippen LogP contribution in [-0.4, -0.2) is 11.7 Å². The molecule has 2 nitrogen and oxygen atoms in total. The molecule has 1 saturated heterocycles. The van der Waals surface area contributed by atoms with Gasteiger partial charge >= 0.3 is 0 Å². The van der Waals surface area contributed by atoms with Crippen LogP contribution >= 0.6 is 34.4 Å². The van der Waals surface area contributed by atoms with E-state index in [-0.39, 0.29) is 11.3 Å². The fourth-order valence-corrected chi connectivity index (χ4v) is 5.89. The van der Waals surface area contributed by atoms with Crippen LogP contribution in [0, 0.1) is 6.92 Å². The van der Waals surface area contributed by atoms with E-state index in [4.69, 9.17) is 0 Å². The topological polar surface area (TPSA) is 20.3 Å². The number of thioether (sulfide) groups is 1. The fraction of sp³-hybridized carbons (Fsp3) is 0.167. The summed E-state index contributed by atoms with van der Waals surface area (Å²) in [6.07, 6.45) is 0.